The zero-order valence-electron chi connectivity index (χ0n) is 26.7. The lowest BCUT2D eigenvalue weighted by Gasteiger charge is -2.37. The molecule has 0 aliphatic carbocycles. The van der Waals surface area contributed by atoms with Gasteiger partial charge >= 0.3 is 12.1 Å². The lowest BCUT2D eigenvalue weighted by atomic mass is 9.85. The number of carbonyl (C=O) groups excluding carboxylic acids is 4. The fourth-order valence-corrected chi connectivity index (χ4v) is 5.86. The van der Waals surface area contributed by atoms with Crippen LogP contribution in [-0.4, -0.2) is 90.2 Å². The molecule has 2 fully saturated rings. The highest BCUT2D eigenvalue weighted by Crippen LogP contribution is 2.37. The molecule has 4 rings (SSSR count). The lowest BCUT2D eigenvalue weighted by molar-refractivity contribution is -0.141. The van der Waals surface area contributed by atoms with E-state index in [1.165, 1.54) is 4.90 Å². The molecule has 0 radical (unpaired) electrons. The maximum atomic E-state index is 14.3. The monoisotopic (exact) mass is 606 g/mol. The lowest BCUT2D eigenvalue weighted by Crippen LogP contribution is -2.59. The molecule has 5 atom stereocenters. The number of urea groups is 1. The first-order chi connectivity index (χ1) is 20.8. The molecule has 3 N–H and O–H groups in total. The van der Waals surface area contributed by atoms with Gasteiger partial charge in [-0.2, -0.15) is 0 Å². The molecule has 0 aromatic heterocycles. The van der Waals surface area contributed by atoms with E-state index < -0.39 is 35.7 Å². The molecular weight excluding hydrogens is 560 g/mol. The highest BCUT2D eigenvalue weighted by atomic mass is 16.6. The molecule has 238 valence electrons. The predicted octanol–water partition coefficient (Wildman–Crippen LogP) is 3.87. The second-order valence-corrected chi connectivity index (χ2v) is 12.9. The molecule has 5 amide bonds. The Labute approximate surface area is 260 Å². The van der Waals surface area contributed by atoms with Gasteiger partial charge in [-0.3, -0.25) is 9.59 Å². The summed E-state index contributed by atoms with van der Waals surface area (Å²) in [6.07, 6.45) is -0.881. The van der Waals surface area contributed by atoms with E-state index in [0.717, 1.165) is 0 Å². The fraction of sp³-hybridized carbons (Fsp3) is 0.515. The predicted molar refractivity (Wildman–Crippen MR) is 169 cm³/mol. The summed E-state index contributed by atoms with van der Waals surface area (Å²) in [6.45, 7) is 11.7. The highest BCUT2D eigenvalue weighted by molar-refractivity contribution is 5.96. The standard InChI is InChI=1S/C33H46N6O5/c1-21(2)35-31(42)38-20-26(44-32(43)39(23-14-10-8-11-15-23)24-16-12-9-13-17-24)27-25(38)18-19-37(27)30(41)28(33(4,5)6)36-29(40)22(3)34-7/h8-17,21-22,25-28,34H,18-20H2,1-7H3,(H,35,42)(H,36,40). The summed E-state index contributed by atoms with van der Waals surface area (Å²) < 4.78 is 6.24. The number of hydrogen-bond donors (Lipinski definition) is 3. The van der Waals surface area contributed by atoms with E-state index >= 15 is 0 Å². The van der Waals surface area contributed by atoms with Crippen LogP contribution < -0.4 is 20.9 Å². The number of rotatable bonds is 8. The molecule has 2 aliphatic rings. The minimum Gasteiger partial charge on any atom is -0.441 e. The Morgan fingerprint density at radius 2 is 1.45 bits per heavy atom. The zero-order chi connectivity index (χ0) is 32.2. The first-order valence-electron chi connectivity index (χ1n) is 15.3. The molecule has 44 heavy (non-hydrogen) atoms. The maximum absolute atomic E-state index is 14.3. The van der Waals surface area contributed by atoms with Gasteiger partial charge in [0.2, 0.25) is 11.8 Å². The molecule has 11 nitrogen and oxygen atoms in total. The van der Waals surface area contributed by atoms with Crippen molar-refractivity contribution >= 4 is 35.3 Å². The molecule has 0 saturated carbocycles. The normalized spacial score (nSPS) is 21.0. The van der Waals surface area contributed by atoms with E-state index in [9.17, 15) is 19.2 Å². The summed E-state index contributed by atoms with van der Waals surface area (Å²) in [4.78, 5) is 59.3. The summed E-state index contributed by atoms with van der Waals surface area (Å²) in [5.74, 6) is -0.554. The fourth-order valence-electron chi connectivity index (χ4n) is 5.86. The van der Waals surface area contributed by atoms with E-state index in [1.54, 1.807) is 23.8 Å². The third kappa shape index (κ3) is 7.15. The third-order valence-corrected chi connectivity index (χ3v) is 8.22. The third-order valence-electron chi connectivity index (χ3n) is 8.22. The summed E-state index contributed by atoms with van der Waals surface area (Å²) >= 11 is 0. The van der Waals surface area contributed by atoms with Crippen molar-refractivity contribution < 1.29 is 23.9 Å². The van der Waals surface area contributed by atoms with Gasteiger partial charge in [0.05, 0.1) is 36.0 Å². The number of fused-ring (bicyclic) bond motifs is 1. The maximum Gasteiger partial charge on any atom is 0.419 e. The Balaban J connectivity index is 1.67. The van der Waals surface area contributed by atoms with Crippen LogP contribution in [0, 0.1) is 5.41 Å². The SMILES string of the molecule is CNC(C)C(=O)NC(C(=O)N1CCC2C1C(OC(=O)N(c1ccccc1)c1ccccc1)CN2C(=O)NC(C)C)C(C)(C)C. The van der Waals surface area contributed by atoms with Crippen molar-refractivity contribution in [1.29, 1.82) is 0 Å². The van der Waals surface area contributed by atoms with Crippen LogP contribution in [-0.2, 0) is 14.3 Å². The van der Waals surface area contributed by atoms with E-state index in [4.69, 9.17) is 4.74 Å². The number of hydrogen-bond acceptors (Lipinski definition) is 6. The number of anilines is 2. The number of likely N-dealkylation sites (tertiary alicyclic amines) is 2. The number of para-hydroxylation sites is 2. The van der Waals surface area contributed by atoms with E-state index in [0.29, 0.717) is 24.3 Å². The van der Waals surface area contributed by atoms with E-state index in [1.807, 2.05) is 95.3 Å². The molecule has 11 heteroatoms. The van der Waals surface area contributed by atoms with Gasteiger partial charge in [-0.25, -0.2) is 14.5 Å². The van der Waals surface area contributed by atoms with Crippen LogP contribution in [0.1, 0.15) is 48.0 Å². The van der Waals surface area contributed by atoms with Crippen LogP contribution in [0.4, 0.5) is 21.0 Å². The molecule has 0 bridgehead atoms. The van der Waals surface area contributed by atoms with Crippen LogP contribution >= 0.6 is 0 Å². The minimum absolute atomic E-state index is 0.0945. The Bertz CT molecular complexity index is 1280. The summed E-state index contributed by atoms with van der Waals surface area (Å²) in [7, 11) is 1.69. The van der Waals surface area contributed by atoms with Crippen molar-refractivity contribution in [2.24, 2.45) is 5.41 Å². The number of carbonyl (C=O) groups is 4. The van der Waals surface area contributed by atoms with Crippen LogP contribution in [0.5, 0.6) is 0 Å². The molecule has 0 spiro atoms. The van der Waals surface area contributed by atoms with Gasteiger partial charge in [0.25, 0.3) is 0 Å². The van der Waals surface area contributed by atoms with Gasteiger partial charge in [-0.1, -0.05) is 57.2 Å². The van der Waals surface area contributed by atoms with E-state index in [-0.39, 0.29) is 36.5 Å². The summed E-state index contributed by atoms with van der Waals surface area (Å²) in [6, 6.07) is 15.8. The van der Waals surface area contributed by atoms with Crippen molar-refractivity contribution in [3.05, 3.63) is 60.7 Å². The van der Waals surface area contributed by atoms with Gasteiger partial charge in [0.1, 0.15) is 12.1 Å². The van der Waals surface area contributed by atoms with Crippen molar-refractivity contribution in [3.63, 3.8) is 0 Å². The zero-order valence-corrected chi connectivity index (χ0v) is 26.7. The van der Waals surface area contributed by atoms with Crippen molar-refractivity contribution in [3.8, 4) is 0 Å². The van der Waals surface area contributed by atoms with Crippen molar-refractivity contribution in [1.82, 2.24) is 25.8 Å². The first kappa shape index (κ1) is 32.8. The highest BCUT2D eigenvalue weighted by Gasteiger charge is 2.55. The van der Waals surface area contributed by atoms with Gasteiger partial charge in [-0.05, 0) is 63.9 Å². The Hall–Kier alpha value is -4.12. The topological polar surface area (TPSA) is 123 Å². The smallest absolute Gasteiger partial charge is 0.419 e. The van der Waals surface area contributed by atoms with Crippen LogP contribution in [0.15, 0.2) is 60.7 Å². The Morgan fingerprint density at radius 1 is 0.886 bits per heavy atom. The number of ether oxygens (including phenoxy) is 1. The molecule has 2 saturated heterocycles. The number of amides is 5. The van der Waals surface area contributed by atoms with Crippen LogP contribution in [0.2, 0.25) is 0 Å². The largest absolute Gasteiger partial charge is 0.441 e. The van der Waals surface area contributed by atoms with E-state index in [2.05, 4.69) is 16.0 Å². The van der Waals surface area contributed by atoms with Gasteiger partial charge < -0.3 is 30.5 Å². The number of nitrogens with zero attached hydrogens (tertiary/aromatic N) is 3. The minimum atomic E-state index is -0.829. The average Bonchev–Trinajstić information content (AvgIpc) is 3.57. The van der Waals surface area contributed by atoms with Crippen molar-refractivity contribution in [2.75, 3.05) is 25.0 Å². The number of benzene rings is 2. The molecule has 2 heterocycles. The second-order valence-electron chi connectivity index (χ2n) is 12.9. The Morgan fingerprint density at radius 3 is 1.95 bits per heavy atom. The Kier molecular flexibility index (Phi) is 10.2. The quantitative estimate of drug-likeness (QED) is 0.419. The number of nitrogens with one attached hydrogen (secondary N) is 3. The first-order valence-corrected chi connectivity index (χ1v) is 15.3. The van der Waals surface area contributed by atoms with Crippen molar-refractivity contribution in [2.45, 2.75) is 84.3 Å². The summed E-state index contributed by atoms with van der Waals surface area (Å²) in [5, 5.41) is 8.81. The van der Waals surface area contributed by atoms with Gasteiger partial charge in [0, 0.05) is 12.6 Å². The molecule has 5 unspecified atom stereocenters. The summed E-state index contributed by atoms with van der Waals surface area (Å²) in [5.41, 5.74) is 0.650. The molecule has 2 aliphatic heterocycles. The van der Waals surface area contributed by atoms with Crippen LogP contribution in [0.3, 0.4) is 0 Å². The average molecular weight is 607 g/mol. The molecule has 2 aromatic carbocycles. The second kappa shape index (κ2) is 13.7. The molecular formula is C33H46N6O5. The van der Waals surface area contributed by atoms with Gasteiger partial charge in [-0.15, -0.1) is 0 Å². The molecule has 2 aromatic rings. The van der Waals surface area contributed by atoms with Crippen LogP contribution in [0.25, 0.3) is 0 Å². The number of likely N-dealkylation sites (N-methyl/N-ethyl adjacent to an activating group) is 1. The van der Waals surface area contributed by atoms with Gasteiger partial charge in [0.15, 0.2) is 0 Å².